The zero-order valence-corrected chi connectivity index (χ0v) is 22.1. The van der Waals surface area contributed by atoms with Crippen LogP contribution < -0.4 is 20.1 Å². The van der Waals surface area contributed by atoms with Crippen LogP contribution in [0, 0.1) is 6.92 Å². The van der Waals surface area contributed by atoms with Gasteiger partial charge in [-0.3, -0.25) is 0 Å². The van der Waals surface area contributed by atoms with E-state index in [1.54, 1.807) is 31.8 Å². The minimum atomic E-state index is 0.0446. The number of fused-ring (bicyclic) bond motifs is 1. The van der Waals surface area contributed by atoms with Crippen LogP contribution >= 0.6 is 11.3 Å². The van der Waals surface area contributed by atoms with E-state index >= 15 is 0 Å². The maximum Gasteiger partial charge on any atom is 0.162 e. The van der Waals surface area contributed by atoms with Gasteiger partial charge < -0.3 is 20.1 Å². The molecule has 5 aromatic rings. The summed E-state index contributed by atoms with van der Waals surface area (Å²) >= 11 is 1.78. The second-order valence-electron chi connectivity index (χ2n) is 8.64. The number of nitrogens with one attached hydrogen (secondary N) is 2. The van der Waals surface area contributed by atoms with Gasteiger partial charge in [-0.15, -0.1) is 11.3 Å². The molecule has 0 aliphatic heterocycles. The Bertz CT molecular complexity index is 1520. The predicted octanol–water partition coefficient (Wildman–Crippen LogP) is 6.86. The first-order valence-corrected chi connectivity index (χ1v) is 12.9. The molecule has 0 saturated heterocycles. The Morgan fingerprint density at radius 3 is 2.49 bits per heavy atom. The number of nitrogens with zero attached hydrogens (tertiary/aromatic N) is 3. The lowest BCUT2D eigenvalue weighted by Crippen LogP contribution is -2.08. The molecule has 2 N–H and O–H groups in total. The fourth-order valence-electron chi connectivity index (χ4n) is 4.26. The molecule has 0 spiro atoms. The van der Waals surface area contributed by atoms with E-state index in [4.69, 9.17) is 14.5 Å². The highest BCUT2D eigenvalue weighted by Gasteiger charge is 2.16. The van der Waals surface area contributed by atoms with Gasteiger partial charge in [0.2, 0.25) is 0 Å². The highest BCUT2D eigenvalue weighted by atomic mass is 32.1. The summed E-state index contributed by atoms with van der Waals surface area (Å²) in [5.74, 6) is 3.61. The fraction of sp³-hybridized carbons (Fsp3) is 0.207. The Balaban J connectivity index is 1.39. The number of rotatable bonds is 9. The number of hydrogen-bond donors (Lipinski definition) is 2. The van der Waals surface area contributed by atoms with Crippen LogP contribution in [0.4, 0.5) is 11.6 Å². The van der Waals surface area contributed by atoms with E-state index in [0.717, 1.165) is 22.5 Å². The summed E-state index contributed by atoms with van der Waals surface area (Å²) in [5, 5.41) is 7.91. The molecule has 188 valence electrons. The van der Waals surface area contributed by atoms with Crippen molar-refractivity contribution < 1.29 is 9.47 Å². The summed E-state index contributed by atoms with van der Waals surface area (Å²) < 4.78 is 11.0. The molecule has 0 amide bonds. The molecule has 0 bridgehead atoms. The summed E-state index contributed by atoms with van der Waals surface area (Å²) in [6, 6.07) is 22.6. The van der Waals surface area contributed by atoms with E-state index in [1.807, 2.05) is 37.3 Å². The molecule has 3 aromatic heterocycles. The van der Waals surface area contributed by atoms with Gasteiger partial charge >= 0.3 is 0 Å². The molecule has 0 aliphatic carbocycles. The first-order valence-electron chi connectivity index (χ1n) is 12.1. The van der Waals surface area contributed by atoms with Crippen LogP contribution in [0.5, 0.6) is 11.5 Å². The minimum Gasteiger partial charge on any atom is -0.493 e. The van der Waals surface area contributed by atoms with E-state index in [9.17, 15) is 0 Å². The average Bonchev–Trinajstić information content (AvgIpc) is 3.42. The van der Waals surface area contributed by atoms with Crippen molar-refractivity contribution in [3.63, 3.8) is 0 Å². The van der Waals surface area contributed by atoms with Gasteiger partial charge in [-0.05, 0) is 55.3 Å². The molecule has 7 nitrogen and oxygen atoms in total. The summed E-state index contributed by atoms with van der Waals surface area (Å²) in [6.07, 6.45) is 1.79. The van der Waals surface area contributed by atoms with Gasteiger partial charge in [0, 0.05) is 33.9 Å². The highest BCUT2D eigenvalue weighted by molar-refractivity contribution is 7.15. The van der Waals surface area contributed by atoms with E-state index in [2.05, 4.69) is 63.9 Å². The third-order valence-electron chi connectivity index (χ3n) is 6.13. The zero-order chi connectivity index (χ0) is 25.8. The second kappa shape index (κ2) is 10.8. The van der Waals surface area contributed by atoms with Crippen molar-refractivity contribution in [3.05, 3.63) is 89.2 Å². The number of anilines is 2. The van der Waals surface area contributed by atoms with Gasteiger partial charge in [-0.2, -0.15) is 0 Å². The largest absolute Gasteiger partial charge is 0.493 e. The van der Waals surface area contributed by atoms with E-state index in [0.29, 0.717) is 23.9 Å². The number of thiophene rings is 1. The standard InChI is InChI=1S/C29H29N5O2S/c1-18(32-29-22-15-24(35-3)25(36-4)16-23(22)33-19(2)34-29)26-12-13-27(37-26)21-10-6-5-9-20(21)17-31-28-11-7-8-14-30-28/h5-16,18H,17H2,1-4H3,(H,30,31)(H,32,33,34). The van der Waals surface area contributed by atoms with Crippen LogP contribution in [-0.2, 0) is 6.54 Å². The Morgan fingerprint density at radius 2 is 1.70 bits per heavy atom. The summed E-state index contributed by atoms with van der Waals surface area (Å²) in [7, 11) is 3.26. The average molecular weight is 512 g/mol. The topological polar surface area (TPSA) is 81.2 Å². The maximum atomic E-state index is 5.52. The lowest BCUT2D eigenvalue weighted by atomic mass is 10.1. The molecule has 0 radical (unpaired) electrons. The zero-order valence-electron chi connectivity index (χ0n) is 21.3. The quantitative estimate of drug-likeness (QED) is 0.224. The molecule has 37 heavy (non-hydrogen) atoms. The number of methoxy groups -OCH3 is 2. The second-order valence-corrected chi connectivity index (χ2v) is 9.75. The van der Waals surface area contributed by atoms with Gasteiger partial charge in [0.05, 0.1) is 25.8 Å². The summed E-state index contributed by atoms with van der Waals surface area (Å²) in [4.78, 5) is 16.1. The van der Waals surface area contributed by atoms with Crippen molar-refractivity contribution in [3.8, 4) is 21.9 Å². The van der Waals surface area contributed by atoms with Gasteiger partial charge in [0.15, 0.2) is 11.5 Å². The molecule has 8 heteroatoms. The van der Waals surface area contributed by atoms with E-state index < -0.39 is 0 Å². The van der Waals surface area contributed by atoms with Crippen molar-refractivity contribution in [1.82, 2.24) is 15.0 Å². The van der Waals surface area contributed by atoms with Gasteiger partial charge in [0.25, 0.3) is 0 Å². The van der Waals surface area contributed by atoms with Gasteiger partial charge in [0.1, 0.15) is 17.5 Å². The number of ether oxygens (including phenoxy) is 2. The monoisotopic (exact) mass is 511 g/mol. The molecule has 1 unspecified atom stereocenters. The molecule has 0 saturated carbocycles. The third-order valence-corrected chi connectivity index (χ3v) is 7.43. The number of aromatic nitrogens is 3. The molecule has 2 aromatic carbocycles. The lowest BCUT2D eigenvalue weighted by Gasteiger charge is -2.17. The van der Waals surface area contributed by atoms with Crippen LogP contribution in [0.15, 0.2) is 72.9 Å². The number of aryl methyl sites for hydroxylation is 1. The van der Waals surface area contributed by atoms with Crippen LogP contribution in [0.1, 0.15) is 29.2 Å². The van der Waals surface area contributed by atoms with Gasteiger partial charge in [-0.25, -0.2) is 15.0 Å². The van der Waals surface area contributed by atoms with Crippen molar-refractivity contribution in [2.24, 2.45) is 0 Å². The Morgan fingerprint density at radius 1 is 0.919 bits per heavy atom. The Hall–Kier alpha value is -4.17. The van der Waals surface area contributed by atoms with Crippen molar-refractivity contribution in [2.45, 2.75) is 26.4 Å². The Kier molecular flexibility index (Phi) is 7.18. The van der Waals surface area contributed by atoms with Crippen LogP contribution in [-0.4, -0.2) is 29.2 Å². The predicted molar refractivity (Wildman–Crippen MR) is 151 cm³/mol. The molecule has 0 fully saturated rings. The molecule has 0 aliphatic rings. The van der Waals surface area contributed by atoms with Crippen LogP contribution in [0.25, 0.3) is 21.3 Å². The number of benzene rings is 2. The first kappa shape index (κ1) is 24.5. The van der Waals surface area contributed by atoms with Crippen molar-refractivity contribution in [1.29, 1.82) is 0 Å². The van der Waals surface area contributed by atoms with Crippen molar-refractivity contribution >= 4 is 33.9 Å². The first-order chi connectivity index (χ1) is 18.1. The molecular weight excluding hydrogens is 482 g/mol. The summed E-state index contributed by atoms with van der Waals surface area (Å²) in [6.45, 7) is 4.74. The fourth-order valence-corrected chi connectivity index (χ4v) is 5.33. The van der Waals surface area contributed by atoms with Crippen molar-refractivity contribution in [2.75, 3.05) is 24.9 Å². The number of hydrogen-bond acceptors (Lipinski definition) is 8. The van der Waals surface area contributed by atoms with E-state index in [1.165, 1.54) is 20.9 Å². The minimum absolute atomic E-state index is 0.0446. The maximum absolute atomic E-state index is 5.52. The van der Waals surface area contributed by atoms with Crippen LogP contribution in [0.3, 0.4) is 0 Å². The SMILES string of the molecule is COc1cc2nc(C)nc(NC(C)c3ccc(-c4ccccc4CNc4ccccn4)s3)c2cc1OC. The molecule has 1 atom stereocenters. The molecule has 3 heterocycles. The Labute approximate surface area is 220 Å². The lowest BCUT2D eigenvalue weighted by molar-refractivity contribution is 0.356. The smallest absolute Gasteiger partial charge is 0.162 e. The van der Waals surface area contributed by atoms with E-state index in [-0.39, 0.29) is 6.04 Å². The molecular formula is C29H29N5O2S. The normalized spacial score (nSPS) is 11.8. The number of pyridine rings is 1. The molecule has 5 rings (SSSR count). The third kappa shape index (κ3) is 5.34. The van der Waals surface area contributed by atoms with Gasteiger partial charge in [-0.1, -0.05) is 30.3 Å². The van der Waals surface area contributed by atoms with Crippen LogP contribution in [0.2, 0.25) is 0 Å². The highest BCUT2D eigenvalue weighted by Crippen LogP contribution is 2.37. The summed E-state index contributed by atoms with van der Waals surface area (Å²) in [5.41, 5.74) is 3.25.